The van der Waals surface area contributed by atoms with Crippen molar-refractivity contribution in [1.82, 2.24) is 20.0 Å². The Kier molecular flexibility index (Phi) is 6.29. The van der Waals surface area contributed by atoms with Gasteiger partial charge in [-0.15, -0.1) is 0 Å². The molecule has 4 aromatic rings. The van der Waals surface area contributed by atoms with Gasteiger partial charge in [-0.1, -0.05) is 78.9 Å². The summed E-state index contributed by atoms with van der Waals surface area (Å²) in [5.41, 5.74) is 2.76. The predicted octanol–water partition coefficient (Wildman–Crippen LogP) is 4.29. The van der Waals surface area contributed by atoms with Gasteiger partial charge in [-0.2, -0.15) is 5.10 Å². The lowest BCUT2D eigenvalue weighted by Crippen LogP contribution is -2.63. The Morgan fingerprint density at radius 1 is 1.00 bits per heavy atom. The van der Waals surface area contributed by atoms with Gasteiger partial charge >= 0.3 is 0 Å². The number of methoxy groups -OCH3 is 1. The molecule has 0 aliphatic carbocycles. The highest BCUT2D eigenvalue weighted by molar-refractivity contribution is 6.00. The second-order valence-corrected chi connectivity index (χ2v) is 9.08. The van der Waals surface area contributed by atoms with Crippen LogP contribution in [0.5, 0.6) is 5.75 Å². The van der Waals surface area contributed by atoms with E-state index in [0.717, 1.165) is 16.7 Å². The Morgan fingerprint density at radius 2 is 1.67 bits per heavy atom. The minimum atomic E-state index is -1.15. The summed E-state index contributed by atoms with van der Waals surface area (Å²) in [6.45, 7) is 2.64. The molecule has 7 heteroatoms. The maximum absolute atomic E-state index is 13.8. The Morgan fingerprint density at radius 3 is 2.39 bits per heavy atom. The van der Waals surface area contributed by atoms with Crippen LogP contribution in [0.3, 0.4) is 0 Å². The Hall–Kier alpha value is -4.39. The Labute approximate surface area is 210 Å². The van der Waals surface area contributed by atoms with Crippen molar-refractivity contribution in [3.8, 4) is 17.0 Å². The van der Waals surface area contributed by atoms with E-state index in [9.17, 15) is 9.59 Å². The van der Waals surface area contributed by atoms with E-state index in [1.165, 1.54) is 0 Å². The number of benzene rings is 3. The summed E-state index contributed by atoms with van der Waals surface area (Å²) in [7, 11) is 1.60. The van der Waals surface area contributed by atoms with Crippen LogP contribution < -0.4 is 10.1 Å². The summed E-state index contributed by atoms with van der Waals surface area (Å²) in [5.74, 6) is 0.223. The molecule has 3 aromatic carbocycles. The zero-order valence-electron chi connectivity index (χ0n) is 20.3. The van der Waals surface area contributed by atoms with E-state index < -0.39 is 5.54 Å². The maximum atomic E-state index is 13.8. The fourth-order valence-corrected chi connectivity index (χ4v) is 4.62. The number of ether oxygens (including phenoxy) is 1. The molecule has 36 heavy (non-hydrogen) atoms. The van der Waals surface area contributed by atoms with E-state index in [1.807, 2.05) is 91.0 Å². The molecule has 1 unspecified atom stereocenters. The van der Waals surface area contributed by atoms with Gasteiger partial charge in [-0.25, -0.2) is 0 Å². The molecule has 0 bridgehead atoms. The van der Waals surface area contributed by atoms with Gasteiger partial charge in [0.15, 0.2) is 0 Å². The van der Waals surface area contributed by atoms with Gasteiger partial charge in [0.05, 0.1) is 19.3 Å². The third-order valence-corrected chi connectivity index (χ3v) is 6.67. The van der Waals surface area contributed by atoms with Crippen LogP contribution in [-0.4, -0.2) is 39.1 Å². The number of nitrogens with zero attached hydrogens (tertiary/aromatic N) is 3. The standard InChI is InChI=1S/C29H28N4O3/c1-29(28(35)30-18-23-15-9-10-16-26(23)36-2)20-33-25(17-24(31-33)22-13-7-4-8-14-22)27(34)32(29)19-21-11-5-3-6-12-21/h3-17H,18-20H2,1-2H3,(H,30,35). The van der Waals surface area contributed by atoms with Crippen LogP contribution in [0.2, 0.25) is 0 Å². The molecule has 0 saturated heterocycles. The van der Waals surface area contributed by atoms with Crippen LogP contribution in [0.15, 0.2) is 91.0 Å². The summed E-state index contributed by atoms with van der Waals surface area (Å²) in [6, 6.07) is 28.8. The zero-order valence-corrected chi connectivity index (χ0v) is 20.3. The molecule has 0 saturated carbocycles. The lowest BCUT2D eigenvalue weighted by molar-refractivity contribution is -0.133. The fourth-order valence-electron chi connectivity index (χ4n) is 4.62. The van der Waals surface area contributed by atoms with Crippen molar-refractivity contribution in [2.75, 3.05) is 7.11 Å². The van der Waals surface area contributed by atoms with E-state index in [2.05, 4.69) is 5.32 Å². The number of rotatable bonds is 7. The van der Waals surface area contributed by atoms with Crippen molar-refractivity contribution >= 4 is 11.8 Å². The van der Waals surface area contributed by atoms with Crippen LogP contribution in [0, 0.1) is 0 Å². The molecule has 7 nitrogen and oxygen atoms in total. The van der Waals surface area contributed by atoms with Crippen LogP contribution in [0.4, 0.5) is 0 Å². The summed E-state index contributed by atoms with van der Waals surface area (Å²) in [5, 5.41) is 7.74. The highest BCUT2D eigenvalue weighted by Crippen LogP contribution is 2.31. The molecule has 0 radical (unpaired) electrons. The average Bonchev–Trinajstić information content (AvgIpc) is 3.35. The molecule has 0 spiro atoms. The van der Waals surface area contributed by atoms with E-state index in [4.69, 9.17) is 9.84 Å². The van der Waals surface area contributed by atoms with Gasteiger partial charge in [0, 0.05) is 24.2 Å². The molecule has 1 aromatic heterocycles. The Bertz CT molecular complexity index is 1380. The summed E-state index contributed by atoms with van der Waals surface area (Å²) >= 11 is 0. The molecule has 1 aliphatic rings. The minimum Gasteiger partial charge on any atom is -0.496 e. The van der Waals surface area contributed by atoms with E-state index >= 15 is 0 Å². The molecule has 182 valence electrons. The summed E-state index contributed by atoms with van der Waals surface area (Å²) < 4.78 is 7.09. The number of nitrogens with one attached hydrogen (secondary N) is 1. The van der Waals surface area contributed by atoms with Crippen molar-refractivity contribution in [3.05, 3.63) is 108 Å². The maximum Gasteiger partial charge on any atom is 0.273 e. The number of amides is 2. The van der Waals surface area contributed by atoms with Gasteiger partial charge in [-0.3, -0.25) is 14.3 Å². The molecule has 1 atom stereocenters. The molecule has 5 rings (SSSR count). The zero-order chi connectivity index (χ0) is 25.1. The minimum absolute atomic E-state index is 0.227. The average molecular weight is 481 g/mol. The van der Waals surface area contributed by atoms with E-state index in [1.54, 1.807) is 23.6 Å². The van der Waals surface area contributed by atoms with Gasteiger partial charge in [0.25, 0.3) is 5.91 Å². The van der Waals surface area contributed by atoms with Gasteiger partial charge in [-0.05, 0) is 24.6 Å². The quantitative estimate of drug-likeness (QED) is 0.428. The second-order valence-electron chi connectivity index (χ2n) is 9.08. The van der Waals surface area contributed by atoms with Gasteiger partial charge < -0.3 is 15.0 Å². The SMILES string of the molecule is COc1ccccc1CNC(=O)C1(C)Cn2nc(-c3ccccc3)cc2C(=O)N1Cc1ccccc1. The van der Waals surface area contributed by atoms with Crippen LogP contribution >= 0.6 is 0 Å². The lowest BCUT2D eigenvalue weighted by Gasteiger charge is -2.43. The first-order valence-corrected chi connectivity index (χ1v) is 11.9. The normalized spacial score (nSPS) is 16.9. The number of hydrogen-bond acceptors (Lipinski definition) is 4. The number of aromatic nitrogens is 2. The first-order valence-electron chi connectivity index (χ1n) is 11.9. The number of fused-ring (bicyclic) bond motifs is 1. The first kappa shape index (κ1) is 23.4. The summed E-state index contributed by atoms with van der Waals surface area (Å²) in [6.07, 6.45) is 0. The van der Waals surface area contributed by atoms with Crippen molar-refractivity contribution < 1.29 is 14.3 Å². The van der Waals surface area contributed by atoms with Crippen LogP contribution in [0.25, 0.3) is 11.3 Å². The molecular weight excluding hydrogens is 452 g/mol. The van der Waals surface area contributed by atoms with Gasteiger partial charge in [0.1, 0.15) is 17.0 Å². The third-order valence-electron chi connectivity index (χ3n) is 6.67. The predicted molar refractivity (Wildman–Crippen MR) is 137 cm³/mol. The van der Waals surface area contributed by atoms with Crippen molar-refractivity contribution in [3.63, 3.8) is 0 Å². The fraction of sp³-hybridized carbons (Fsp3) is 0.207. The van der Waals surface area contributed by atoms with Crippen LogP contribution in [0.1, 0.15) is 28.5 Å². The number of carbonyl (C=O) groups excluding carboxylic acids is 2. The number of hydrogen-bond donors (Lipinski definition) is 1. The van der Waals surface area contributed by atoms with E-state index in [0.29, 0.717) is 23.7 Å². The highest BCUT2D eigenvalue weighted by atomic mass is 16.5. The molecule has 2 heterocycles. The van der Waals surface area contributed by atoms with Crippen molar-refractivity contribution in [2.24, 2.45) is 0 Å². The van der Waals surface area contributed by atoms with Gasteiger partial charge in [0.2, 0.25) is 5.91 Å². The Balaban J connectivity index is 1.49. The molecule has 1 N–H and O–H groups in total. The smallest absolute Gasteiger partial charge is 0.273 e. The molecular formula is C29H28N4O3. The van der Waals surface area contributed by atoms with Crippen molar-refractivity contribution in [2.45, 2.75) is 32.1 Å². The molecule has 2 amide bonds. The second kappa shape index (κ2) is 9.70. The molecule has 0 fully saturated rings. The highest BCUT2D eigenvalue weighted by Gasteiger charge is 2.48. The van der Waals surface area contributed by atoms with Crippen LogP contribution in [-0.2, 0) is 24.4 Å². The lowest BCUT2D eigenvalue weighted by atomic mass is 9.94. The topological polar surface area (TPSA) is 76.5 Å². The first-order chi connectivity index (χ1) is 17.5. The number of carbonyl (C=O) groups is 2. The largest absolute Gasteiger partial charge is 0.496 e. The number of para-hydroxylation sites is 1. The van der Waals surface area contributed by atoms with E-state index in [-0.39, 0.29) is 24.9 Å². The summed E-state index contributed by atoms with van der Waals surface area (Å²) in [4.78, 5) is 29.2. The molecule has 1 aliphatic heterocycles. The monoisotopic (exact) mass is 480 g/mol. The third kappa shape index (κ3) is 4.35. The van der Waals surface area contributed by atoms with Crippen molar-refractivity contribution in [1.29, 1.82) is 0 Å².